The number of ketones is 1. The zero-order valence-electron chi connectivity index (χ0n) is 9.08. The molecule has 0 aromatic heterocycles. The lowest BCUT2D eigenvalue weighted by Crippen LogP contribution is -2.74. The predicted molar refractivity (Wildman–Crippen MR) is 51.3 cm³/mol. The summed E-state index contributed by atoms with van der Waals surface area (Å²) < 4.78 is 31.9. The van der Waals surface area contributed by atoms with Crippen LogP contribution in [0.3, 0.4) is 0 Å². The van der Waals surface area contributed by atoms with Crippen LogP contribution in [0, 0.1) is 5.92 Å². The molecule has 0 saturated carbocycles. The van der Waals surface area contributed by atoms with E-state index < -0.39 is 36.3 Å². The van der Waals surface area contributed by atoms with E-state index in [1.165, 1.54) is 12.0 Å². The Hall–Kier alpha value is -0.590. The van der Waals surface area contributed by atoms with Gasteiger partial charge in [0.15, 0.2) is 5.78 Å². The first-order chi connectivity index (χ1) is 7.48. The van der Waals surface area contributed by atoms with Crippen LogP contribution in [0.25, 0.3) is 0 Å². The Kier molecular flexibility index (Phi) is 2.76. The van der Waals surface area contributed by atoms with E-state index >= 15 is 0 Å². The van der Waals surface area contributed by atoms with Gasteiger partial charge in [0.25, 0.3) is 5.92 Å². The molecule has 6 heteroatoms. The first kappa shape index (κ1) is 11.9. The molecule has 92 valence electrons. The minimum Gasteiger partial charge on any atom is -0.394 e. The van der Waals surface area contributed by atoms with Crippen molar-refractivity contribution in [2.24, 2.45) is 5.92 Å². The van der Waals surface area contributed by atoms with Crippen LogP contribution in [-0.4, -0.2) is 60.7 Å². The van der Waals surface area contributed by atoms with Crippen molar-refractivity contribution < 1.29 is 23.4 Å². The van der Waals surface area contributed by atoms with Crippen molar-refractivity contribution in [3.63, 3.8) is 0 Å². The average molecular weight is 235 g/mol. The molecule has 3 atom stereocenters. The SMILES string of the molecule is COCC1(CO)C(=O)C2CCN1CC2(F)F. The number of halogens is 2. The Morgan fingerprint density at radius 2 is 2.31 bits per heavy atom. The highest BCUT2D eigenvalue weighted by Gasteiger charge is 2.63. The minimum atomic E-state index is -2.97. The number of piperidine rings is 3. The largest absolute Gasteiger partial charge is 0.394 e. The molecule has 3 unspecified atom stereocenters. The molecule has 16 heavy (non-hydrogen) atoms. The molecule has 0 aromatic rings. The highest BCUT2D eigenvalue weighted by Crippen LogP contribution is 2.44. The van der Waals surface area contributed by atoms with E-state index in [0.717, 1.165) is 0 Å². The van der Waals surface area contributed by atoms with E-state index in [0.29, 0.717) is 6.54 Å². The van der Waals surface area contributed by atoms with Gasteiger partial charge in [0.2, 0.25) is 0 Å². The van der Waals surface area contributed by atoms with Crippen molar-refractivity contribution in [1.29, 1.82) is 0 Å². The van der Waals surface area contributed by atoms with Crippen molar-refractivity contribution in [3.8, 4) is 0 Å². The second-order valence-electron chi connectivity index (χ2n) is 4.51. The van der Waals surface area contributed by atoms with E-state index in [4.69, 9.17) is 4.74 Å². The number of carbonyl (C=O) groups excluding carboxylic acids is 1. The molecule has 3 aliphatic heterocycles. The molecule has 0 spiro atoms. The number of rotatable bonds is 3. The molecule has 1 N–H and O–H groups in total. The number of carbonyl (C=O) groups is 1. The van der Waals surface area contributed by atoms with Crippen molar-refractivity contribution >= 4 is 5.78 Å². The lowest BCUT2D eigenvalue weighted by Gasteiger charge is -2.54. The summed E-state index contributed by atoms with van der Waals surface area (Å²) in [6.45, 7) is -0.551. The molecule has 0 aromatic carbocycles. The summed E-state index contributed by atoms with van der Waals surface area (Å²) in [6.07, 6.45) is 0.164. The quantitative estimate of drug-likeness (QED) is 0.742. The number of hydrogen-bond donors (Lipinski definition) is 1. The fourth-order valence-corrected chi connectivity index (χ4v) is 2.73. The molecule has 3 heterocycles. The Balaban J connectivity index is 2.34. The normalized spacial score (nSPS) is 41.4. The molecule has 3 fully saturated rings. The molecule has 4 nitrogen and oxygen atoms in total. The molecular weight excluding hydrogens is 220 g/mol. The van der Waals surface area contributed by atoms with E-state index in [1.807, 2.05) is 0 Å². The standard InChI is InChI=1S/C10H15F2NO3/c1-16-6-9(5-14)8(15)7-2-3-13(9)4-10(7,11)12/h7,14H,2-6H2,1H3. The van der Waals surface area contributed by atoms with Gasteiger partial charge in [-0.3, -0.25) is 9.69 Å². The fourth-order valence-electron chi connectivity index (χ4n) is 2.73. The van der Waals surface area contributed by atoms with Crippen LogP contribution in [-0.2, 0) is 9.53 Å². The maximum Gasteiger partial charge on any atom is 0.270 e. The number of fused-ring (bicyclic) bond motifs is 3. The number of nitrogens with zero attached hydrogens (tertiary/aromatic N) is 1. The second-order valence-corrected chi connectivity index (χ2v) is 4.51. The Morgan fingerprint density at radius 3 is 2.75 bits per heavy atom. The summed E-state index contributed by atoms with van der Waals surface area (Å²) in [6, 6.07) is 0. The second kappa shape index (κ2) is 3.72. The summed E-state index contributed by atoms with van der Waals surface area (Å²) in [4.78, 5) is 13.3. The van der Waals surface area contributed by atoms with Crippen LogP contribution < -0.4 is 0 Å². The van der Waals surface area contributed by atoms with E-state index in [9.17, 15) is 18.7 Å². The number of hydrogen-bond acceptors (Lipinski definition) is 4. The highest BCUT2D eigenvalue weighted by molar-refractivity contribution is 5.93. The van der Waals surface area contributed by atoms with Gasteiger partial charge in [-0.15, -0.1) is 0 Å². The lowest BCUT2D eigenvalue weighted by molar-refractivity contribution is -0.203. The topological polar surface area (TPSA) is 49.8 Å². The predicted octanol–water partition coefficient (Wildman–Crippen LogP) is -0.0962. The van der Waals surface area contributed by atoms with Gasteiger partial charge < -0.3 is 9.84 Å². The average Bonchev–Trinajstić information content (AvgIpc) is 2.22. The Bertz CT molecular complexity index is 310. The Morgan fingerprint density at radius 1 is 1.62 bits per heavy atom. The van der Waals surface area contributed by atoms with Crippen molar-refractivity contribution in [2.45, 2.75) is 17.9 Å². The monoisotopic (exact) mass is 235 g/mol. The number of alkyl halides is 2. The van der Waals surface area contributed by atoms with Crippen LogP contribution in [0.2, 0.25) is 0 Å². The van der Waals surface area contributed by atoms with Gasteiger partial charge in [0.1, 0.15) is 5.54 Å². The number of aliphatic hydroxyl groups excluding tert-OH is 1. The Labute approximate surface area is 92.2 Å². The smallest absolute Gasteiger partial charge is 0.270 e. The van der Waals surface area contributed by atoms with Crippen LogP contribution in [0.15, 0.2) is 0 Å². The van der Waals surface area contributed by atoms with Gasteiger partial charge in [-0.05, 0) is 6.42 Å². The van der Waals surface area contributed by atoms with Crippen molar-refractivity contribution in [2.75, 3.05) is 33.4 Å². The first-order valence-corrected chi connectivity index (χ1v) is 5.25. The summed E-state index contributed by atoms with van der Waals surface area (Å²) in [5, 5.41) is 9.35. The maximum atomic E-state index is 13.5. The van der Waals surface area contributed by atoms with Gasteiger partial charge in [-0.2, -0.15) is 0 Å². The zero-order chi connectivity index (χ0) is 12.0. The molecule has 0 radical (unpaired) electrons. The van der Waals surface area contributed by atoms with Crippen molar-refractivity contribution in [3.05, 3.63) is 0 Å². The lowest BCUT2D eigenvalue weighted by atomic mass is 9.72. The van der Waals surface area contributed by atoms with Crippen LogP contribution in [0.5, 0.6) is 0 Å². The fraction of sp³-hybridized carbons (Fsp3) is 0.900. The molecule has 2 bridgehead atoms. The molecule has 3 aliphatic rings. The summed E-state index contributed by atoms with van der Waals surface area (Å²) in [5.74, 6) is -4.82. The van der Waals surface area contributed by atoms with Gasteiger partial charge >= 0.3 is 0 Å². The number of ether oxygens (including phenoxy) is 1. The van der Waals surface area contributed by atoms with E-state index in [-0.39, 0.29) is 13.0 Å². The third-order valence-electron chi connectivity index (χ3n) is 3.62. The summed E-state index contributed by atoms with van der Waals surface area (Å²) in [7, 11) is 1.40. The van der Waals surface area contributed by atoms with Crippen LogP contribution in [0.4, 0.5) is 8.78 Å². The zero-order valence-corrected chi connectivity index (χ0v) is 9.08. The highest BCUT2D eigenvalue weighted by atomic mass is 19.3. The minimum absolute atomic E-state index is 0.0328. The number of methoxy groups -OCH3 is 1. The molecule has 0 amide bonds. The van der Waals surface area contributed by atoms with Gasteiger partial charge in [-0.25, -0.2) is 8.78 Å². The van der Waals surface area contributed by atoms with Crippen LogP contribution in [0.1, 0.15) is 6.42 Å². The van der Waals surface area contributed by atoms with E-state index in [2.05, 4.69) is 0 Å². The third-order valence-corrected chi connectivity index (χ3v) is 3.62. The van der Waals surface area contributed by atoms with Gasteiger partial charge in [0, 0.05) is 13.7 Å². The third kappa shape index (κ3) is 1.40. The summed E-state index contributed by atoms with van der Waals surface area (Å²) >= 11 is 0. The molecule has 0 aliphatic carbocycles. The first-order valence-electron chi connectivity index (χ1n) is 5.25. The van der Waals surface area contributed by atoms with Gasteiger partial charge in [-0.1, -0.05) is 0 Å². The summed E-state index contributed by atoms with van der Waals surface area (Å²) in [5.41, 5.74) is -1.25. The molecule has 3 rings (SSSR count). The van der Waals surface area contributed by atoms with E-state index in [1.54, 1.807) is 0 Å². The molecular formula is C10H15F2NO3. The maximum absolute atomic E-state index is 13.5. The number of Topliss-reactive ketones (excluding diaryl/α,β-unsaturated/α-hetero) is 1. The van der Waals surface area contributed by atoms with Crippen LogP contribution >= 0.6 is 0 Å². The number of aliphatic hydroxyl groups is 1. The molecule has 3 saturated heterocycles. The van der Waals surface area contributed by atoms with Crippen molar-refractivity contribution in [1.82, 2.24) is 4.90 Å². The van der Waals surface area contributed by atoms with Gasteiger partial charge in [0.05, 0.1) is 25.7 Å².